The molecule has 0 radical (unpaired) electrons. The highest BCUT2D eigenvalue weighted by Gasteiger charge is 2.39. The first-order valence-corrected chi connectivity index (χ1v) is 10.7. The van der Waals surface area contributed by atoms with Crippen LogP contribution in [-0.4, -0.2) is 22.8 Å². The summed E-state index contributed by atoms with van der Waals surface area (Å²) < 4.78 is 5.72. The van der Waals surface area contributed by atoms with Crippen molar-refractivity contribution in [2.75, 3.05) is 5.32 Å². The molecule has 5 heteroatoms. The molecule has 32 heavy (non-hydrogen) atoms. The second kappa shape index (κ2) is 9.10. The third kappa shape index (κ3) is 4.42. The minimum absolute atomic E-state index is 0.0504. The van der Waals surface area contributed by atoms with Crippen LogP contribution in [0.2, 0.25) is 0 Å². The van der Waals surface area contributed by atoms with E-state index in [9.17, 15) is 9.59 Å². The van der Waals surface area contributed by atoms with Crippen molar-refractivity contribution in [2.45, 2.75) is 33.4 Å². The summed E-state index contributed by atoms with van der Waals surface area (Å²) in [6.07, 6.45) is 0.0504. The molecule has 0 aromatic heterocycles. The lowest BCUT2D eigenvalue weighted by Crippen LogP contribution is -2.32. The number of hydrogen-bond donors (Lipinski definition) is 1. The lowest BCUT2D eigenvalue weighted by Gasteiger charge is -2.15. The van der Waals surface area contributed by atoms with E-state index in [1.165, 1.54) is 4.90 Å². The number of carbonyl (C=O) groups excluding carboxylic acids is 2. The van der Waals surface area contributed by atoms with Crippen LogP contribution in [0.3, 0.4) is 0 Å². The van der Waals surface area contributed by atoms with Crippen LogP contribution in [0.15, 0.2) is 84.6 Å². The molecule has 1 aliphatic heterocycles. The number of nitrogens with zero attached hydrogens (tertiary/aromatic N) is 1. The molecule has 5 nitrogen and oxygen atoms in total. The summed E-state index contributed by atoms with van der Waals surface area (Å²) in [5.74, 6) is 0.0720. The van der Waals surface area contributed by atoms with Gasteiger partial charge in [0.1, 0.15) is 11.4 Å². The molecule has 0 aliphatic carbocycles. The topological polar surface area (TPSA) is 58.6 Å². The van der Waals surface area contributed by atoms with Crippen LogP contribution in [0.1, 0.15) is 30.5 Å². The van der Waals surface area contributed by atoms with E-state index in [4.69, 9.17) is 4.74 Å². The fraction of sp³-hybridized carbons (Fsp3) is 0.185. The Balaban J connectivity index is 1.73. The molecule has 3 aromatic rings. The molecule has 2 amide bonds. The minimum atomic E-state index is -0.334. The van der Waals surface area contributed by atoms with Crippen LogP contribution in [-0.2, 0) is 16.1 Å². The summed E-state index contributed by atoms with van der Waals surface area (Å²) in [6, 6.07) is 24.5. The number of anilines is 1. The van der Waals surface area contributed by atoms with Crippen molar-refractivity contribution >= 4 is 23.1 Å². The first-order chi connectivity index (χ1) is 15.4. The maximum absolute atomic E-state index is 13.4. The summed E-state index contributed by atoms with van der Waals surface area (Å²) in [5.41, 5.74) is 4.00. The van der Waals surface area contributed by atoms with Crippen LogP contribution < -0.4 is 10.1 Å². The second-order valence-corrected chi connectivity index (χ2v) is 8.06. The third-order valence-corrected chi connectivity index (χ3v) is 5.27. The average Bonchev–Trinajstić information content (AvgIpc) is 3.00. The summed E-state index contributed by atoms with van der Waals surface area (Å²) in [4.78, 5) is 28.1. The lowest BCUT2D eigenvalue weighted by atomic mass is 10.0. The predicted molar refractivity (Wildman–Crippen MR) is 126 cm³/mol. The fourth-order valence-electron chi connectivity index (χ4n) is 3.69. The monoisotopic (exact) mass is 426 g/mol. The lowest BCUT2D eigenvalue weighted by molar-refractivity contribution is -0.137. The summed E-state index contributed by atoms with van der Waals surface area (Å²) >= 11 is 0. The third-order valence-electron chi connectivity index (χ3n) is 5.27. The molecule has 162 valence electrons. The minimum Gasteiger partial charge on any atom is -0.491 e. The maximum atomic E-state index is 13.4. The van der Waals surface area contributed by atoms with Crippen molar-refractivity contribution in [1.82, 2.24) is 4.90 Å². The van der Waals surface area contributed by atoms with Crippen LogP contribution in [0.5, 0.6) is 5.75 Å². The number of benzene rings is 3. The zero-order valence-corrected chi connectivity index (χ0v) is 18.5. The number of amides is 2. The van der Waals surface area contributed by atoms with Gasteiger partial charge >= 0.3 is 0 Å². The molecular formula is C27H26N2O3. The second-order valence-electron chi connectivity index (χ2n) is 8.06. The number of hydrogen-bond acceptors (Lipinski definition) is 4. The Morgan fingerprint density at radius 1 is 0.844 bits per heavy atom. The van der Waals surface area contributed by atoms with Crippen LogP contribution in [0.4, 0.5) is 5.69 Å². The van der Waals surface area contributed by atoms with Crippen molar-refractivity contribution in [3.8, 4) is 5.75 Å². The van der Waals surface area contributed by atoms with E-state index in [0.29, 0.717) is 11.1 Å². The highest BCUT2D eigenvalue weighted by Crippen LogP contribution is 2.33. The van der Waals surface area contributed by atoms with Gasteiger partial charge in [-0.15, -0.1) is 0 Å². The van der Waals surface area contributed by atoms with Crippen LogP contribution >= 0.6 is 0 Å². The van der Waals surface area contributed by atoms with Gasteiger partial charge in [-0.25, -0.2) is 0 Å². The predicted octanol–water partition coefficient (Wildman–Crippen LogP) is 5.17. The molecule has 0 spiro atoms. The molecule has 0 fully saturated rings. The van der Waals surface area contributed by atoms with Gasteiger partial charge in [0, 0.05) is 5.69 Å². The first kappa shape index (κ1) is 21.4. The normalized spacial score (nSPS) is 13.8. The van der Waals surface area contributed by atoms with Gasteiger partial charge in [0.05, 0.1) is 18.2 Å². The van der Waals surface area contributed by atoms with E-state index in [2.05, 4.69) is 5.32 Å². The van der Waals surface area contributed by atoms with Gasteiger partial charge < -0.3 is 10.1 Å². The molecule has 1 aliphatic rings. The maximum Gasteiger partial charge on any atom is 0.278 e. The molecule has 0 saturated heterocycles. The van der Waals surface area contributed by atoms with E-state index < -0.39 is 0 Å². The largest absolute Gasteiger partial charge is 0.491 e. The number of ether oxygens (including phenoxy) is 1. The Labute approximate surface area is 188 Å². The summed E-state index contributed by atoms with van der Waals surface area (Å²) in [5, 5.41) is 3.24. The highest BCUT2D eigenvalue weighted by atomic mass is 16.5. The standard InChI is InChI=1S/C27H26N2O3/c1-18(2)32-22-15-13-21(14-16-22)24-25(28-23-12-8-7-9-19(23)3)27(31)29(26(24)30)17-20-10-5-4-6-11-20/h4-16,18,28H,17H2,1-3H3. The molecule has 0 unspecified atom stereocenters. The molecular weight excluding hydrogens is 400 g/mol. The first-order valence-electron chi connectivity index (χ1n) is 10.7. The SMILES string of the molecule is Cc1ccccc1NC1=C(c2ccc(OC(C)C)cc2)C(=O)N(Cc2ccccc2)C1=O. The van der Waals surface area contributed by atoms with Crippen molar-refractivity contribution in [3.63, 3.8) is 0 Å². The van der Waals surface area contributed by atoms with Crippen molar-refractivity contribution in [3.05, 3.63) is 101 Å². The Hall–Kier alpha value is -3.86. The number of nitrogens with one attached hydrogen (secondary N) is 1. The van der Waals surface area contributed by atoms with Crippen molar-refractivity contribution < 1.29 is 14.3 Å². The van der Waals surface area contributed by atoms with Gasteiger partial charge in [-0.1, -0.05) is 60.7 Å². The number of rotatable bonds is 7. The van der Waals surface area contributed by atoms with Gasteiger partial charge in [0.15, 0.2) is 0 Å². The summed E-state index contributed by atoms with van der Waals surface area (Å²) in [7, 11) is 0. The Morgan fingerprint density at radius 3 is 2.16 bits per heavy atom. The van der Waals surface area contributed by atoms with Crippen molar-refractivity contribution in [2.24, 2.45) is 0 Å². The van der Waals surface area contributed by atoms with E-state index in [1.807, 2.05) is 99.6 Å². The Morgan fingerprint density at radius 2 is 1.50 bits per heavy atom. The smallest absolute Gasteiger partial charge is 0.278 e. The molecule has 0 bridgehead atoms. The summed E-state index contributed by atoms with van der Waals surface area (Å²) in [6.45, 7) is 6.10. The van der Waals surface area contributed by atoms with Crippen molar-refractivity contribution in [1.29, 1.82) is 0 Å². The zero-order valence-electron chi connectivity index (χ0n) is 18.5. The van der Waals surface area contributed by atoms with Gasteiger partial charge in [-0.05, 0) is 55.7 Å². The van der Waals surface area contributed by atoms with E-state index in [0.717, 1.165) is 22.6 Å². The Bertz CT molecular complexity index is 1170. The van der Waals surface area contributed by atoms with Gasteiger partial charge in [0.25, 0.3) is 11.8 Å². The van der Waals surface area contributed by atoms with Gasteiger partial charge in [0.2, 0.25) is 0 Å². The number of imide groups is 1. The quantitative estimate of drug-likeness (QED) is 0.529. The molecule has 3 aromatic carbocycles. The fourth-order valence-corrected chi connectivity index (χ4v) is 3.69. The van der Waals surface area contributed by atoms with Crippen LogP contribution in [0, 0.1) is 6.92 Å². The van der Waals surface area contributed by atoms with Gasteiger partial charge in [-0.2, -0.15) is 0 Å². The van der Waals surface area contributed by atoms with Crippen LogP contribution in [0.25, 0.3) is 5.57 Å². The van der Waals surface area contributed by atoms with E-state index in [-0.39, 0.29) is 30.2 Å². The number of para-hydroxylation sites is 1. The molecule has 0 atom stereocenters. The molecule has 1 heterocycles. The number of carbonyl (C=O) groups is 2. The van der Waals surface area contributed by atoms with E-state index >= 15 is 0 Å². The molecule has 4 rings (SSSR count). The Kier molecular flexibility index (Phi) is 6.08. The van der Waals surface area contributed by atoms with E-state index in [1.54, 1.807) is 0 Å². The zero-order chi connectivity index (χ0) is 22.7. The molecule has 1 N–H and O–H groups in total. The molecule has 0 saturated carbocycles. The number of aryl methyl sites for hydroxylation is 1. The van der Waals surface area contributed by atoms with Gasteiger partial charge in [-0.3, -0.25) is 14.5 Å². The average molecular weight is 427 g/mol. The highest BCUT2D eigenvalue weighted by molar-refractivity contribution is 6.36.